The number of amides is 1. The molecule has 16 heteroatoms. The van der Waals surface area contributed by atoms with Gasteiger partial charge >= 0.3 is 12.4 Å². The largest absolute Gasteiger partial charge is 0.437 e. The van der Waals surface area contributed by atoms with Crippen molar-refractivity contribution in [1.82, 2.24) is 24.9 Å². The van der Waals surface area contributed by atoms with Crippen molar-refractivity contribution in [1.29, 1.82) is 0 Å². The molecule has 0 unspecified atom stereocenters. The number of anilines is 3. The van der Waals surface area contributed by atoms with Crippen LogP contribution < -0.4 is 10.6 Å². The minimum Gasteiger partial charge on any atom is -0.358 e. The SMILES string of the molecule is Cn1cc(Nc2ncc(-c3ccc(CC(=O)Nc4cc(C5(C(F)(F)F)CC5)on4)c(F)c3)cn2)c(C(F)(F)F)n1. The number of hydrogen-bond donors (Lipinski definition) is 2. The van der Waals surface area contributed by atoms with Crippen LogP contribution in [0.5, 0.6) is 0 Å². The van der Waals surface area contributed by atoms with Crippen molar-refractivity contribution in [2.45, 2.75) is 37.0 Å². The minimum absolute atomic E-state index is 0.00520. The fraction of sp³-hybridized carbons (Fsp3) is 0.292. The molecule has 1 saturated carbocycles. The van der Waals surface area contributed by atoms with E-state index in [9.17, 15) is 35.5 Å². The lowest BCUT2D eigenvalue weighted by molar-refractivity contribution is -0.165. The molecule has 0 spiro atoms. The number of alkyl halides is 6. The van der Waals surface area contributed by atoms with Gasteiger partial charge in [0, 0.05) is 37.3 Å². The molecule has 5 rings (SSSR count). The van der Waals surface area contributed by atoms with Gasteiger partial charge in [0.2, 0.25) is 11.9 Å². The number of aryl methyl sites for hydroxylation is 1. The molecule has 2 N–H and O–H groups in total. The molecular formula is C24H18F7N7O2. The number of carbonyl (C=O) groups is 1. The van der Waals surface area contributed by atoms with Gasteiger partial charge in [-0.15, -0.1) is 0 Å². The van der Waals surface area contributed by atoms with E-state index in [2.05, 4.69) is 30.9 Å². The molecule has 0 bridgehead atoms. The second-order valence-corrected chi connectivity index (χ2v) is 9.17. The van der Waals surface area contributed by atoms with Gasteiger partial charge < -0.3 is 15.2 Å². The molecule has 1 aromatic carbocycles. The third-order valence-electron chi connectivity index (χ3n) is 6.27. The van der Waals surface area contributed by atoms with E-state index in [1.807, 2.05) is 0 Å². The highest BCUT2D eigenvalue weighted by molar-refractivity contribution is 5.91. The van der Waals surface area contributed by atoms with Gasteiger partial charge in [0.1, 0.15) is 11.2 Å². The van der Waals surface area contributed by atoms with Gasteiger partial charge in [0.15, 0.2) is 17.3 Å². The lowest BCUT2D eigenvalue weighted by Gasteiger charge is -2.14. The Hall–Kier alpha value is -4.50. The van der Waals surface area contributed by atoms with Crippen LogP contribution in [-0.4, -0.2) is 37.0 Å². The van der Waals surface area contributed by atoms with E-state index in [1.54, 1.807) is 0 Å². The fourth-order valence-corrected chi connectivity index (χ4v) is 4.04. The topological polar surface area (TPSA) is 111 Å². The van der Waals surface area contributed by atoms with Gasteiger partial charge in [-0.05, 0) is 30.0 Å². The monoisotopic (exact) mass is 569 g/mol. The van der Waals surface area contributed by atoms with Crippen molar-refractivity contribution in [3.63, 3.8) is 0 Å². The van der Waals surface area contributed by atoms with E-state index in [-0.39, 0.29) is 35.9 Å². The summed E-state index contributed by atoms with van der Waals surface area (Å²) in [5.74, 6) is -2.23. The first-order valence-corrected chi connectivity index (χ1v) is 11.6. The normalized spacial score (nSPS) is 14.7. The molecule has 0 aliphatic heterocycles. The van der Waals surface area contributed by atoms with Crippen molar-refractivity contribution < 1.29 is 40.1 Å². The van der Waals surface area contributed by atoms with Crippen LogP contribution >= 0.6 is 0 Å². The van der Waals surface area contributed by atoms with Crippen molar-refractivity contribution in [2.24, 2.45) is 7.05 Å². The van der Waals surface area contributed by atoms with Crippen LogP contribution in [0.15, 0.2) is 47.4 Å². The zero-order chi connectivity index (χ0) is 28.9. The summed E-state index contributed by atoms with van der Waals surface area (Å²) in [4.78, 5) is 20.3. The van der Waals surface area contributed by atoms with Gasteiger partial charge in [-0.2, -0.15) is 31.4 Å². The Morgan fingerprint density at radius 2 is 1.77 bits per heavy atom. The lowest BCUT2D eigenvalue weighted by atomic mass is 10.0. The summed E-state index contributed by atoms with van der Waals surface area (Å²) in [5.41, 5.74) is -2.90. The Morgan fingerprint density at radius 1 is 1.07 bits per heavy atom. The molecule has 9 nitrogen and oxygen atoms in total. The highest BCUT2D eigenvalue weighted by atomic mass is 19.4. The number of carbonyl (C=O) groups excluding carboxylic acids is 1. The number of nitrogens with zero attached hydrogens (tertiary/aromatic N) is 5. The van der Waals surface area contributed by atoms with Crippen LogP contribution in [0, 0.1) is 5.82 Å². The van der Waals surface area contributed by atoms with Crippen molar-refractivity contribution in [3.8, 4) is 11.1 Å². The third-order valence-corrected chi connectivity index (χ3v) is 6.27. The van der Waals surface area contributed by atoms with Crippen LogP contribution in [-0.2, 0) is 29.9 Å². The number of nitrogens with one attached hydrogen (secondary N) is 2. The maximum atomic E-state index is 14.8. The molecule has 4 aromatic rings. The van der Waals surface area contributed by atoms with Crippen molar-refractivity contribution in [3.05, 3.63) is 65.7 Å². The molecule has 1 fully saturated rings. The number of hydrogen-bond acceptors (Lipinski definition) is 7. The number of benzene rings is 1. The van der Waals surface area contributed by atoms with Crippen molar-refractivity contribution >= 4 is 23.4 Å². The molecular weight excluding hydrogens is 551 g/mol. The first kappa shape index (κ1) is 27.1. The maximum Gasteiger partial charge on any atom is 0.437 e. The standard InChI is InChI=1S/C24H18F7N7O2/c1-38-11-16(20(36-38)23(26,27)28)34-21-32-9-14(10-33-21)12-2-3-13(15(25)6-12)7-19(39)35-18-8-17(40-37-18)22(4-5-22)24(29,30)31/h2-3,6,8-11H,4-5,7H2,1H3,(H,32,33,34)(H,35,37,39). The maximum absolute atomic E-state index is 14.8. The molecule has 0 saturated heterocycles. The number of halogens is 7. The molecule has 3 aromatic heterocycles. The summed E-state index contributed by atoms with van der Waals surface area (Å²) in [6, 6.07) is 4.94. The molecule has 40 heavy (non-hydrogen) atoms. The van der Waals surface area contributed by atoms with Crippen LogP contribution in [0.2, 0.25) is 0 Å². The van der Waals surface area contributed by atoms with Gasteiger partial charge in [0.25, 0.3) is 0 Å². The Balaban J connectivity index is 1.23. The van der Waals surface area contributed by atoms with Gasteiger partial charge in [0.05, 0.1) is 12.1 Å². The highest BCUT2D eigenvalue weighted by Crippen LogP contribution is 2.59. The summed E-state index contributed by atoms with van der Waals surface area (Å²) in [6.07, 6.45) is -6.23. The molecule has 1 aliphatic rings. The predicted octanol–water partition coefficient (Wildman–Crippen LogP) is 5.54. The summed E-state index contributed by atoms with van der Waals surface area (Å²) < 4.78 is 99.6. The van der Waals surface area contributed by atoms with Crippen LogP contribution in [0.25, 0.3) is 11.1 Å². The van der Waals surface area contributed by atoms with E-state index >= 15 is 0 Å². The second-order valence-electron chi connectivity index (χ2n) is 9.17. The minimum atomic E-state index is -4.69. The smallest absolute Gasteiger partial charge is 0.358 e. The van der Waals surface area contributed by atoms with Crippen LogP contribution in [0.3, 0.4) is 0 Å². The van der Waals surface area contributed by atoms with Gasteiger partial charge in [-0.1, -0.05) is 17.3 Å². The van der Waals surface area contributed by atoms with E-state index in [4.69, 9.17) is 4.52 Å². The Morgan fingerprint density at radius 3 is 2.38 bits per heavy atom. The number of rotatable bonds is 7. The average molecular weight is 569 g/mol. The Bertz CT molecular complexity index is 1550. The first-order chi connectivity index (χ1) is 18.7. The summed E-state index contributed by atoms with van der Waals surface area (Å²) >= 11 is 0. The fourth-order valence-electron chi connectivity index (χ4n) is 4.04. The first-order valence-electron chi connectivity index (χ1n) is 11.6. The van der Waals surface area contributed by atoms with E-state index < -0.39 is 47.4 Å². The molecule has 1 amide bonds. The van der Waals surface area contributed by atoms with Gasteiger partial charge in [-0.25, -0.2) is 14.4 Å². The zero-order valence-electron chi connectivity index (χ0n) is 20.4. The molecule has 3 heterocycles. The molecule has 210 valence electrons. The summed E-state index contributed by atoms with van der Waals surface area (Å²) in [6.45, 7) is 0. The summed E-state index contributed by atoms with van der Waals surface area (Å²) in [5, 5.41) is 11.6. The highest BCUT2D eigenvalue weighted by Gasteiger charge is 2.66. The molecule has 0 radical (unpaired) electrons. The number of aromatic nitrogens is 5. The zero-order valence-corrected chi connectivity index (χ0v) is 20.4. The van der Waals surface area contributed by atoms with Crippen LogP contribution in [0.1, 0.15) is 29.9 Å². The Kier molecular flexibility index (Phi) is 6.50. The third kappa shape index (κ3) is 5.33. The van der Waals surface area contributed by atoms with Gasteiger partial charge in [-0.3, -0.25) is 9.48 Å². The van der Waals surface area contributed by atoms with E-state index in [0.717, 1.165) is 23.0 Å². The summed E-state index contributed by atoms with van der Waals surface area (Å²) in [7, 11) is 1.33. The molecule has 1 aliphatic carbocycles. The lowest BCUT2D eigenvalue weighted by Crippen LogP contribution is -2.28. The second kappa shape index (κ2) is 9.60. The quantitative estimate of drug-likeness (QED) is 0.281. The average Bonchev–Trinajstić information content (AvgIpc) is 3.43. The van der Waals surface area contributed by atoms with E-state index in [0.29, 0.717) is 11.1 Å². The van der Waals surface area contributed by atoms with Crippen molar-refractivity contribution in [2.75, 3.05) is 10.6 Å². The van der Waals surface area contributed by atoms with Crippen LogP contribution in [0.4, 0.5) is 48.2 Å². The molecule has 0 atom stereocenters. The Labute approximate surface area is 220 Å². The van der Waals surface area contributed by atoms with E-state index in [1.165, 1.54) is 31.6 Å². The predicted molar refractivity (Wildman–Crippen MR) is 125 cm³/mol.